The summed E-state index contributed by atoms with van der Waals surface area (Å²) in [5.74, 6) is 0. The van der Waals surface area contributed by atoms with Crippen molar-refractivity contribution in [2.24, 2.45) is 0 Å². The van der Waals surface area contributed by atoms with Gasteiger partial charge in [0.05, 0.1) is 5.69 Å². The predicted octanol–water partition coefficient (Wildman–Crippen LogP) is 9.26. The molecule has 0 N–H and O–H groups in total. The maximum absolute atomic E-state index is 4.50. The molecule has 0 aliphatic rings. The number of nitrogens with zero attached hydrogens (tertiary/aromatic N) is 2. The number of benzene rings is 4. The topological polar surface area (TPSA) is 16.1 Å². The first-order chi connectivity index (χ1) is 16.6. The standard InChI is InChI=1S/C31H25BrN2/c1-22-3-14-28(15-4-22)34(29-16-5-23(2)6-17-29)30-18-11-25(12-19-30)24-7-9-26(10-8-24)31-20-13-27(32)21-33-31/h3-21H,1-2H3. The molecule has 0 amide bonds. The van der Waals surface area contributed by atoms with Gasteiger partial charge in [-0.15, -0.1) is 0 Å². The summed E-state index contributed by atoms with van der Waals surface area (Å²) in [6.07, 6.45) is 1.83. The van der Waals surface area contributed by atoms with Crippen LogP contribution in [-0.2, 0) is 0 Å². The Bertz CT molecular complexity index is 1330. The minimum Gasteiger partial charge on any atom is -0.311 e. The van der Waals surface area contributed by atoms with E-state index in [1.807, 2.05) is 18.3 Å². The van der Waals surface area contributed by atoms with Crippen LogP contribution in [0.25, 0.3) is 22.4 Å². The minimum atomic E-state index is 0.969. The lowest BCUT2D eigenvalue weighted by Crippen LogP contribution is -2.09. The van der Waals surface area contributed by atoms with Gasteiger partial charge in [0.2, 0.25) is 0 Å². The van der Waals surface area contributed by atoms with Crippen LogP contribution in [0, 0.1) is 13.8 Å². The molecule has 4 aromatic carbocycles. The van der Waals surface area contributed by atoms with E-state index in [9.17, 15) is 0 Å². The maximum atomic E-state index is 4.50. The Kier molecular flexibility index (Phi) is 6.29. The molecule has 0 saturated heterocycles. The van der Waals surface area contributed by atoms with Crippen molar-refractivity contribution in [2.45, 2.75) is 13.8 Å². The molecule has 5 aromatic rings. The number of rotatable bonds is 5. The molecule has 0 aliphatic heterocycles. The van der Waals surface area contributed by atoms with E-state index in [0.29, 0.717) is 0 Å². The molecule has 166 valence electrons. The SMILES string of the molecule is Cc1ccc(N(c2ccc(C)cc2)c2ccc(-c3ccc(-c4ccc(Br)cn4)cc3)cc2)cc1. The molecule has 2 nitrogen and oxygen atoms in total. The first kappa shape index (κ1) is 22.1. The van der Waals surface area contributed by atoms with Crippen LogP contribution in [0.15, 0.2) is 120 Å². The number of halogens is 1. The van der Waals surface area contributed by atoms with E-state index in [0.717, 1.165) is 32.8 Å². The number of pyridine rings is 1. The highest BCUT2D eigenvalue weighted by molar-refractivity contribution is 9.10. The predicted molar refractivity (Wildman–Crippen MR) is 147 cm³/mol. The van der Waals surface area contributed by atoms with Crippen LogP contribution in [0.2, 0.25) is 0 Å². The quantitative estimate of drug-likeness (QED) is 0.237. The van der Waals surface area contributed by atoms with E-state index in [1.54, 1.807) is 0 Å². The molecule has 3 heteroatoms. The summed E-state index contributed by atoms with van der Waals surface area (Å²) in [7, 11) is 0. The largest absolute Gasteiger partial charge is 0.311 e. The summed E-state index contributed by atoms with van der Waals surface area (Å²) in [5.41, 5.74) is 10.4. The van der Waals surface area contributed by atoms with Gasteiger partial charge in [-0.1, -0.05) is 71.8 Å². The fraction of sp³-hybridized carbons (Fsp3) is 0.0645. The Morgan fingerprint density at radius 3 is 1.35 bits per heavy atom. The fourth-order valence-corrected chi connectivity index (χ4v) is 4.25. The third kappa shape index (κ3) is 4.80. The Labute approximate surface area is 209 Å². The molecule has 0 spiro atoms. The second-order valence-corrected chi connectivity index (χ2v) is 9.41. The lowest BCUT2D eigenvalue weighted by molar-refractivity contribution is 1.27. The highest BCUT2D eigenvalue weighted by atomic mass is 79.9. The second-order valence-electron chi connectivity index (χ2n) is 8.49. The molecule has 0 unspecified atom stereocenters. The lowest BCUT2D eigenvalue weighted by atomic mass is 10.0. The Morgan fingerprint density at radius 1 is 0.500 bits per heavy atom. The van der Waals surface area contributed by atoms with E-state index in [2.05, 4.69) is 137 Å². The van der Waals surface area contributed by atoms with E-state index in [-0.39, 0.29) is 0 Å². The van der Waals surface area contributed by atoms with E-state index in [1.165, 1.54) is 22.3 Å². The zero-order valence-corrected chi connectivity index (χ0v) is 20.8. The van der Waals surface area contributed by atoms with Crippen LogP contribution in [-0.4, -0.2) is 4.98 Å². The summed E-state index contributed by atoms with van der Waals surface area (Å²) in [5, 5.41) is 0. The summed E-state index contributed by atoms with van der Waals surface area (Å²) in [6, 6.07) is 38.7. The Balaban J connectivity index is 1.45. The zero-order valence-electron chi connectivity index (χ0n) is 19.2. The molecule has 34 heavy (non-hydrogen) atoms. The molecule has 0 saturated carbocycles. The van der Waals surface area contributed by atoms with Gasteiger partial charge < -0.3 is 4.90 Å². The van der Waals surface area contributed by atoms with Crippen molar-refractivity contribution in [3.63, 3.8) is 0 Å². The van der Waals surface area contributed by atoms with Gasteiger partial charge in [0.25, 0.3) is 0 Å². The van der Waals surface area contributed by atoms with Gasteiger partial charge in [-0.05, 0) is 89.4 Å². The summed E-state index contributed by atoms with van der Waals surface area (Å²) < 4.78 is 0.985. The molecule has 1 aromatic heterocycles. The van der Waals surface area contributed by atoms with E-state index in [4.69, 9.17) is 0 Å². The molecule has 0 radical (unpaired) electrons. The molecule has 0 bridgehead atoms. The van der Waals surface area contributed by atoms with Crippen molar-refractivity contribution in [1.29, 1.82) is 0 Å². The normalized spacial score (nSPS) is 10.8. The Hall–Kier alpha value is -3.69. The molecule has 0 atom stereocenters. The van der Waals surface area contributed by atoms with Gasteiger partial charge in [-0.25, -0.2) is 0 Å². The van der Waals surface area contributed by atoms with Gasteiger partial charge in [-0.3, -0.25) is 4.98 Å². The maximum Gasteiger partial charge on any atom is 0.0702 e. The molecule has 0 aliphatic carbocycles. The molecule has 5 rings (SSSR count). The monoisotopic (exact) mass is 504 g/mol. The van der Waals surface area contributed by atoms with Crippen LogP contribution in [0.1, 0.15) is 11.1 Å². The van der Waals surface area contributed by atoms with Crippen molar-refractivity contribution < 1.29 is 0 Å². The van der Waals surface area contributed by atoms with Crippen molar-refractivity contribution >= 4 is 33.0 Å². The number of hydrogen-bond acceptors (Lipinski definition) is 2. The van der Waals surface area contributed by atoms with Gasteiger partial charge in [0.1, 0.15) is 0 Å². The average molecular weight is 505 g/mol. The second kappa shape index (κ2) is 9.66. The van der Waals surface area contributed by atoms with Crippen LogP contribution in [0.5, 0.6) is 0 Å². The molecule has 0 fully saturated rings. The van der Waals surface area contributed by atoms with Gasteiger partial charge in [0.15, 0.2) is 0 Å². The molecular weight excluding hydrogens is 480 g/mol. The van der Waals surface area contributed by atoms with Crippen LogP contribution in [0.3, 0.4) is 0 Å². The van der Waals surface area contributed by atoms with Crippen molar-refractivity contribution in [1.82, 2.24) is 4.98 Å². The van der Waals surface area contributed by atoms with E-state index < -0.39 is 0 Å². The van der Waals surface area contributed by atoms with Gasteiger partial charge in [0, 0.05) is 33.3 Å². The van der Waals surface area contributed by atoms with Crippen molar-refractivity contribution in [3.8, 4) is 22.4 Å². The number of anilines is 3. The smallest absolute Gasteiger partial charge is 0.0702 e. The Morgan fingerprint density at radius 2 is 0.912 bits per heavy atom. The average Bonchev–Trinajstić information content (AvgIpc) is 2.88. The first-order valence-electron chi connectivity index (χ1n) is 11.3. The number of hydrogen-bond donors (Lipinski definition) is 0. The number of aromatic nitrogens is 1. The third-order valence-electron chi connectivity index (χ3n) is 5.95. The van der Waals surface area contributed by atoms with E-state index >= 15 is 0 Å². The van der Waals surface area contributed by atoms with Crippen LogP contribution >= 0.6 is 15.9 Å². The van der Waals surface area contributed by atoms with Crippen molar-refractivity contribution in [3.05, 3.63) is 131 Å². The van der Waals surface area contributed by atoms with Gasteiger partial charge in [-0.2, -0.15) is 0 Å². The summed E-state index contributed by atoms with van der Waals surface area (Å²) >= 11 is 3.45. The van der Waals surface area contributed by atoms with Crippen LogP contribution < -0.4 is 4.90 Å². The minimum absolute atomic E-state index is 0.969. The fourth-order valence-electron chi connectivity index (χ4n) is 4.02. The highest BCUT2D eigenvalue weighted by Crippen LogP contribution is 2.36. The first-order valence-corrected chi connectivity index (χ1v) is 12.1. The lowest BCUT2D eigenvalue weighted by Gasteiger charge is -2.26. The van der Waals surface area contributed by atoms with Crippen LogP contribution in [0.4, 0.5) is 17.1 Å². The third-order valence-corrected chi connectivity index (χ3v) is 6.42. The zero-order chi connectivity index (χ0) is 23.5. The van der Waals surface area contributed by atoms with Gasteiger partial charge >= 0.3 is 0 Å². The summed E-state index contributed by atoms with van der Waals surface area (Å²) in [4.78, 5) is 6.79. The number of aryl methyl sites for hydroxylation is 2. The van der Waals surface area contributed by atoms with Crippen molar-refractivity contribution in [2.75, 3.05) is 4.90 Å². The highest BCUT2D eigenvalue weighted by Gasteiger charge is 2.12. The summed E-state index contributed by atoms with van der Waals surface area (Å²) in [6.45, 7) is 4.24. The molecule has 1 heterocycles. The molecular formula is C31H25BrN2.